The summed E-state index contributed by atoms with van der Waals surface area (Å²) < 4.78 is 38.5. The van der Waals surface area contributed by atoms with E-state index in [9.17, 15) is 13.2 Å². The smallest absolute Gasteiger partial charge is 0.166 e. The zero-order chi connectivity index (χ0) is 15.7. The van der Waals surface area contributed by atoms with Crippen LogP contribution in [0.3, 0.4) is 0 Å². The van der Waals surface area contributed by atoms with Crippen molar-refractivity contribution >= 4 is 0 Å². The summed E-state index contributed by atoms with van der Waals surface area (Å²) in [7, 11) is 0. The van der Waals surface area contributed by atoms with Crippen LogP contribution >= 0.6 is 0 Å². The van der Waals surface area contributed by atoms with Crippen molar-refractivity contribution < 1.29 is 13.2 Å². The predicted molar refractivity (Wildman–Crippen MR) is 82.0 cm³/mol. The minimum absolute atomic E-state index is 0.326. The Morgan fingerprint density at radius 3 is 2.68 bits per heavy atom. The number of rotatable bonds is 2. The van der Waals surface area contributed by atoms with E-state index in [2.05, 4.69) is 25.1 Å². The van der Waals surface area contributed by atoms with E-state index < -0.39 is 11.7 Å². The van der Waals surface area contributed by atoms with Gasteiger partial charge in [-0.2, -0.15) is 13.2 Å². The molecule has 2 aromatic rings. The van der Waals surface area contributed by atoms with Crippen molar-refractivity contribution in [3.8, 4) is 0 Å². The van der Waals surface area contributed by atoms with Crippen molar-refractivity contribution in [3.63, 3.8) is 0 Å². The lowest BCUT2D eigenvalue weighted by molar-refractivity contribution is -0.137. The van der Waals surface area contributed by atoms with Crippen molar-refractivity contribution in [3.05, 3.63) is 70.3 Å². The Hall–Kier alpha value is -1.77. The lowest BCUT2D eigenvalue weighted by atomic mass is 9.79. The summed E-state index contributed by atoms with van der Waals surface area (Å²) in [6, 6.07) is 12.2. The van der Waals surface area contributed by atoms with Gasteiger partial charge in [-0.3, -0.25) is 0 Å². The van der Waals surface area contributed by atoms with E-state index in [1.54, 1.807) is 6.07 Å². The van der Waals surface area contributed by atoms with Crippen LogP contribution in [0.2, 0.25) is 0 Å². The second-order valence-corrected chi connectivity index (χ2v) is 6.19. The zero-order valence-corrected chi connectivity index (χ0v) is 12.6. The van der Waals surface area contributed by atoms with Crippen LogP contribution < -0.4 is 0 Å². The molecule has 0 amide bonds. The lowest BCUT2D eigenvalue weighted by Gasteiger charge is -2.26. The first-order valence-electron chi connectivity index (χ1n) is 7.69. The monoisotopic (exact) mass is 304 g/mol. The number of fused-ring (bicyclic) bond motifs is 1. The first-order valence-corrected chi connectivity index (χ1v) is 7.69. The summed E-state index contributed by atoms with van der Waals surface area (Å²) in [5.74, 6) is 0.326. The Morgan fingerprint density at radius 1 is 1.09 bits per heavy atom. The molecule has 0 nitrogen and oxygen atoms in total. The van der Waals surface area contributed by atoms with Crippen molar-refractivity contribution in [1.29, 1.82) is 0 Å². The maximum atomic E-state index is 12.8. The third-order valence-electron chi connectivity index (χ3n) is 4.48. The van der Waals surface area contributed by atoms with Gasteiger partial charge < -0.3 is 0 Å². The third kappa shape index (κ3) is 3.18. The molecule has 2 aromatic carbocycles. The molecule has 0 spiro atoms. The summed E-state index contributed by atoms with van der Waals surface area (Å²) in [5.41, 5.74) is 4.12. The van der Waals surface area contributed by atoms with Gasteiger partial charge in [0.25, 0.3) is 0 Å². The predicted octanol–water partition coefficient (Wildman–Crippen LogP) is 5.68. The molecule has 0 radical (unpaired) electrons. The molecular weight excluding hydrogens is 285 g/mol. The van der Waals surface area contributed by atoms with E-state index in [-0.39, 0.29) is 0 Å². The third-order valence-corrected chi connectivity index (χ3v) is 4.48. The Bertz CT molecular complexity index is 671. The van der Waals surface area contributed by atoms with Crippen LogP contribution in [0.5, 0.6) is 0 Å². The highest BCUT2D eigenvalue weighted by Crippen LogP contribution is 2.36. The second kappa shape index (κ2) is 5.79. The topological polar surface area (TPSA) is 0 Å². The molecule has 0 aliphatic heterocycles. The van der Waals surface area contributed by atoms with Crippen LogP contribution in [-0.2, 0) is 19.0 Å². The number of hydrogen-bond acceptors (Lipinski definition) is 0. The summed E-state index contributed by atoms with van der Waals surface area (Å²) in [6.45, 7) is 2.07. The fourth-order valence-electron chi connectivity index (χ4n) is 3.39. The number of halogens is 3. The normalized spacial score (nSPS) is 18.1. The Morgan fingerprint density at radius 2 is 1.91 bits per heavy atom. The molecule has 116 valence electrons. The van der Waals surface area contributed by atoms with Gasteiger partial charge in [0, 0.05) is 0 Å². The summed E-state index contributed by atoms with van der Waals surface area (Å²) in [6.07, 6.45) is -0.349. The van der Waals surface area contributed by atoms with E-state index in [1.807, 2.05) is 0 Å². The van der Waals surface area contributed by atoms with Crippen LogP contribution in [0.15, 0.2) is 42.5 Å². The first-order chi connectivity index (χ1) is 10.4. The van der Waals surface area contributed by atoms with Gasteiger partial charge in [-0.1, -0.05) is 42.0 Å². The Labute approximate surface area is 129 Å². The quantitative estimate of drug-likeness (QED) is 0.670. The summed E-state index contributed by atoms with van der Waals surface area (Å²) in [4.78, 5) is 0. The second-order valence-electron chi connectivity index (χ2n) is 6.19. The highest BCUT2D eigenvalue weighted by atomic mass is 19.4. The van der Waals surface area contributed by atoms with Gasteiger partial charge >= 0.3 is 6.18 Å². The van der Waals surface area contributed by atoms with E-state index in [0.717, 1.165) is 30.9 Å². The van der Waals surface area contributed by atoms with Gasteiger partial charge in [-0.15, -0.1) is 0 Å². The molecule has 0 saturated heterocycles. The molecule has 0 fully saturated rings. The van der Waals surface area contributed by atoms with E-state index in [1.165, 1.54) is 28.8 Å². The molecule has 3 rings (SSSR count). The fraction of sp³-hybridized carbons (Fsp3) is 0.368. The molecule has 1 aliphatic rings. The van der Waals surface area contributed by atoms with Crippen LogP contribution in [0.4, 0.5) is 13.2 Å². The molecule has 0 N–H and O–H groups in total. The molecule has 0 aromatic heterocycles. The first kappa shape index (κ1) is 15.1. The number of hydrogen-bond donors (Lipinski definition) is 0. The maximum absolute atomic E-state index is 12.8. The van der Waals surface area contributed by atoms with Gasteiger partial charge in [0.05, 0.1) is 5.56 Å². The van der Waals surface area contributed by atoms with Crippen LogP contribution in [-0.4, -0.2) is 0 Å². The number of alkyl halides is 3. The molecule has 1 unspecified atom stereocenters. The molecule has 0 heterocycles. The largest absolute Gasteiger partial charge is 0.416 e. The molecule has 1 aliphatic carbocycles. The lowest BCUT2D eigenvalue weighted by Crippen LogP contribution is -2.13. The zero-order valence-electron chi connectivity index (χ0n) is 12.6. The van der Waals surface area contributed by atoms with Gasteiger partial charge in [0.2, 0.25) is 0 Å². The summed E-state index contributed by atoms with van der Waals surface area (Å²) in [5, 5.41) is 0. The van der Waals surface area contributed by atoms with E-state index >= 15 is 0 Å². The minimum atomic E-state index is -4.27. The Balaban J connectivity index is 1.88. The maximum Gasteiger partial charge on any atom is 0.416 e. The highest BCUT2D eigenvalue weighted by molar-refractivity contribution is 5.38. The van der Waals surface area contributed by atoms with Crippen molar-refractivity contribution in [2.45, 2.75) is 44.7 Å². The van der Waals surface area contributed by atoms with E-state index in [0.29, 0.717) is 12.3 Å². The van der Waals surface area contributed by atoms with Crippen molar-refractivity contribution in [2.75, 3.05) is 0 Å². The van der Waals surface area contributed by atoms with Crippen LogP contribution in [0.1, 0.15) is 46.6 Å². The SMILES string of the molecule is Cc1ccc2c(c1)C(Cc1cccc(C(F)(F)F)c1)CCC2. The van der Waals surface area contributed by atoms with Gasteiger partial charge in [0.1, 0.15) is 0 Å². The molecule has 3 heteroatoms. The molecule has 0 saturated carbocycles. The number of aryl methyl sites for hydroxylation is 2. The fourth-order valence-corrected chi connectivity index (χ4v) is 3.39. The van der Waals surface area contributed by atoms with E-state index in [4.69, 9.17) is 0 Å². The van der Waals surface area contributed by atoms with Gasteiger partial charge in [0.15, 0.2) is 0 Å². The highest BCUT2D eigenvalue weighted by Gasteiger charge is 2.30. The van der Waals surface area contributed by atoms with Gasteiger partial charge in [-0.05, 0) is 61.3 Å². The molecule has 22 heavy (non-hydrogen) atoms. The minimum Gasteiger partial charge on any atom is -0.166 e. The molecular formula is C19H19F3. The average molecular weight is 304 g/mol. The Kier molecular flexibility index (Phi) is 3.98. The summed E-state index contributed by atoms with van der Waals surface area (Å²) >= 11 is 0. The number of benzene rings is 2. The average Bonchev–Trinajstić information content (AvgIpc) is 2.47. The molecule has 1 atom stereocenters. The molecule has 0 bridgehead atoms. The van der Waals surface area contributed by atoms with Crippen LogP contribution in [0, 0.1) is 6.92 Å². The standard InChI is InChI=1S/C19H19F3/c1-13-8-9-15-5-3-6-16(18(15)10-13)11-14-4-2-7-17(12-14)19(20,21)22/h2,4,7-10,12,16H,3,5-6,11H2,1H3. The van der Waals surface area contributed by atoms with Crippen LogP contribution in [0.25, 0.3) is 0 Å². The van der Waals surface area contributed by atoms with Gasteiger partial charge in [-0.25, -0.2) is 0 Å². The van der Waals surface area contributed by atoms with Crippen molar-refractivity contribution in [2.24, 2.45) is 0 Å². The van der Waals surface area contributed by atoms with Crippen molar-refractivity contribution in [1.82, 2.24) is 0 Å².